The van der Waals surface area contributed by atoms with Crippen molar-refractivity contribution < 1.29 is 59.1 Å². The third-order valence-corrected chi connectivity index (χ3v) is 2.36. The summed E-state index contributed by atoms with van der Waals surface area (Å²) in [5.41, 5.74) is 0. The van der Waals surface area contributed by atoms with E-state index in [9.17, 15) is 0 Å². The molecule has 0 fully saturated rings. The molecule has 0 atom stereocenters. The Hall–Kier alpha value is 2.36. The summed E-state index contributed by atoms with van der Waals surface area (Å²) in [6, 6.07) is 0. The molecule has 6 heteroatoms. The van der Waals surface area contributed by atoms with E-state index >= 15 is 0 Å². The molecule has 0 aromatic rings. The van der Waals surface area contributed by atoms with Gasteiger partial charge in [-0.15, -0.1) is 34.3 Å². The molecule has 0 spiro atoms. The molecule has 0 radical (unpaired) electrons. The van der Waals surface area contributed by atoms with Crippen LogP contribution in [-0.4, -0.2) is 0 Å². The maximum Gasteiger partial charge on any atom is 1.00 e. The molecule has 0 aromatic carbocycles. The molecule has 56 valence electrons. The van der Waals surface area contributed by atoms with E-state index in [2.05, 4.69) is 19.2 Å². The Morgan fingerprint density at radius 1 is 1.17 bits per heavy atom. The van der Waals surface area contributed by atoms with Crippen LogP contribution >= 0.6 is 23.5 Å². The van der Waals surface area contributed by atoms with Gasteiger partial charge in [-0.05, 0) is 10.8 Å². The van der Waals surface area contributed by atoms with Crippen molar-refractivity contribution in [3.63, 3.8) is 0 Å². The van der Waals surface area contributed by atoms with Gasteiger partial charge in [0.15, 0.2) is 0 Å². The van der Waals surface area contributed by atoms with Crippen LogP contribution in [0.4, 0.5) is 0 Å². The maximum absolute atomic E-state index is 4.73. The van der Waals surface area contributed by atoms with Crippen molar-refractivity contribution in [1.82, 2.24) is 0 Å². The van der Waals surface area contributed by atoms with Gasteiger partial charge in [0.05, 0.1) is 0 Å². The molecule has 0 heterocycles. The van der Waals surface area contributed by atoms with Crippen molar-refractivity contribution in [2.45, 2.75) is 0 Å². The van der Waals surface area contributed by atoms with Gasteiger partial charge in [0.2, 0.25) is 0 Å². The minimum absolute atomic E-state index is 0. The van der Waals surface area contributed by atoms with Crippen LogP contribution in [0.15, 0.2) is 32.4 Å². The molecule has 0 saturated heterocycles. The summed E-state index contributed by atoms with van der Waals surface area (Å²) in [6.45, 7) is 3.55. The predicted octanol–water partition coefficient (Wildman–Crippen LogP) is -3.03. The van der Waals surface area contributed by atoms with Crippen LogP contribution in [0, 0.1) is 0 Å². The average Bonchev–Trinajstić information content (AvgIpc) is 1.87. The first-order chi connectivity index (χ1) is 4.77. The van der Waals surface area contributed by atoms with Gasteiger partial charge in [-0.1, -0.05) is 5.41 Å². The minimum Gasteiger partial charge on any atom is -0.787 e. The van der Waals surface area contributed by atoms with Gasteiger partial charge in [0.25, 0.3) is 0 Å². The fourth-order valence-corrected chi connectivity index (χ4v) is 1.36. The average molecular weight is 252 g/mol. The molecule has 0 aliphatic rings. The summed E-state index contributed by atoms with van der Waals surface area (Å²) in [5, 5.41) is 7.18. The van der Waals surface area contributed by atoms with Crippen LogP contribution in [-0.2, 0) is 25.3 Å². The van der Waals surface area contributed by atoms with Crippen LogP contribution in [0.3, 0.4) is 0 Å². The van der Waals surface area contributed by atoms with Gasteiger partial charge in [-0.2, -0.15) is 0 Å². The predicted molar refractivity (Wildman–Crippen MR) is 57.3 cm³/mol. The molecule has 0 aliphatic carbocycles. The van der Waals surface area contributed by atoms with Crippen molar-refractivity contribution >= 4 is 48.8 Å². The first-order valence-corrected chi connectivity index (χ1v) is 5.07. The van der Waals surface area contributed by atoms with Gasteiger partial charge in [-0.3, -0.25) is 0 Å². The Balaban J connectivity index is -0.000000405. The topological polar surface area (TPSA) is 0 Å². The third-order valence-electron chi connectivity index (χ3n) is 0.468. The number of hydrogen-bond acceptors (Lipinski definition) is 4. The van der Waals surface area contributed by atoms with Crippen LogP contribution in [0.1, 0.15) is 0 Å². The summed E-state index contributed by atoms with van der Waals surface area (Å²) >= 11 is 12.3. The second kappa shape index (κ2) is 15.8. The Kier molecular flexibility index (Phi) is 26.2. The molecule has 0 aromatic heterocycles. The Labute approximate surface area is 138 Å². The molecular formula is C6H6Na2S4. The summed E-state index contributed by atoms with van der Waals surface area (Å²) in [6.07, 6.45) is 0. The summed E-state index contributed by atoms with van der Waals surface area (Å²) in [4.78, 5) is 0. The molecule has 0 bridgehead atoms. The first kappa shape index (κ1) is 19.9. The molecular weight excluding hydrogens is 246 g/mol. The van der Waals surface area contributed by atoms with Crippen LogP contribution < -0.4 is 59.1 Å². The van der Waals surface area contributed by atoms with Crippen molar-refractivity contribution in [3.05, 3.63) is 32.4 Å². The zero-order valence-corrected chi connectivity index (χ0v) is 14.4. The first-order valence-electron chi connectivity index (χ1n) is 2.37. The molecule has 0 nitrogen and oxygen atoms in total. The van der Waals surface area contributed by atoms with Crippen LogP contribution in [0.25, 0.3) is 0 Å². The van der Waals surface area contributed by atoms with E-state index in [1.54, 1.807) is 5.41 Å². The quantitative estimate of drug-likeness (QED) is 0.385. The maximum atomic E-state index is 4.73. The van der Waals surface area contributed by atoms with Crippen molar-refractivity contribution in [2.24, 2.45) is 0 Å². The third kappa shape index (κ3) is 18.2. The fraction of sp³-hybridized carbons (Fsp3) is 0. The summed E-state index contributed by atoms with van der Waals surface area (Å²) in [7, 11) is 0. The van der Waals surface area contributed by atoms with Crippen molar-refractivity contribution in [2.75, 3.05) is 0 Å². The van der Waals surface area contributed by atoms with E-state index in [0.717, 1.165) is 0 Å². The number of thioether (sulfide) groups is 2. The Morgan fingerprint density at radius 2 is 1.75 bits per heavy atom. The summed E-state index contributed by atoms with van der Waals surface area (Å²) < 4.78 is 0.680. The largest absolute Gasteiger partial charge is 1.00 e. The SMILES string of the molecule is C=C([S-])S/C=C\S/C=C\[S-].[Na+].[Na+]. The number of rotatable bonds is 4. The Morgan fingerprint density at radius 3 is 2.17 bits per heavy atom. The smallest absolute Gasteiger partial charge is 0.787 e. The van der Waals surface area contributed by atoms with Gasteiger partial charge >= 0.3 is 59.1 Å². The van der Waals surface area contributed by atoms with E-state index in [1.807, 2.05) is 16.2 Å². The standard InChI is InChI=1S/C6H8S4.2Na/c1-6(8)10-5-4-9-3-2-7;;/h2-5,7-8H,1H2;;/q;2*+1/p-2/b3-2-,5-4-;;. The normalized spacial score (nSPS) is 9.33. The monoisotopic (exact) mass is 252 g/mol. The fourth-order valence-electron chi connectivity index (χ4n) is 0.213. The molecule has 0 unspecified atom stereocenters. The van der Waals surface area contributed by atoms with Crippen LogP contribution in [0.5, 0.6) is 0 Å². The van der Waals surface area contributed by atoms with E-state index < -0.39 is 0 Å². The van der Waals surface area contributed by atoms with E-state index in [0.29, 0.717) is 4.24 Å². The molecule has 0 aliphatic heterocycles. The van der Waals surface area contributed by atoms with E-state index in [4.69, 9.17) is 12.6 Å². The van der Waals surface area contributed by atoms with E-state index in [1.165, 1.54) is 23.5 Å². The van der Waals surface area contributed by atoms with Gasteiger partial charge < -0.3 is 25.3 Å². The second-order valence-corrected chi connectivity index (χ2v) is 4.01. The molecule has 0 N–H and O–H groups in total. The molecule has 0 amide bonds. The van der Waals surface area contributed by atoms with E-state index in [-0.39, 0.29) is 59.1 Å². The van der Waals surface area contributed by atoms with Crippen molar-refractivity contribution in [3.8, 4) is 0 Å². The zero-order valence-electron chi connectivity index (χ0n) is 7.15. The zero-order chi connectivity index (χ0) is 7.82. The molecule has 0 rings (SSSR count). The summed E-state index contributed by atoms with van der Waals surface area (Å²) in [5.74, 6) is 0. The van der Waals surface area contributed by atoms with Gasteiger partial charge in [0, 0.05) is 0 Å². The van der Waals surface area contributed by atoms with Gasteiger partial charge in [0.1, 0.15) is 0 Å². The van der Waals surface area contributed by atoms with Gasteiger partial charge in [-0.25, -0.2) is 5.41 Å². The number of hydrogen-bond donors (Lipinski definition) is 0. The molecule has 12 heavy (non-hydrogen) atoms. The van der Waals surface area contributed by atoms with Crippen molar-refractivity contribution in [1.29, 1.82) is 0 Å². The Bertz CT molecular complexity index is 156. The molecule has 0 saturated carbocycles. The van der Waals surface area contributed by atoms with Crippen LogP contribution in [0.2, 0.25) is 0 Å². The second-order valence-electron chi connectivity index (χ2n) is 1.17. The minimum atomic E-state index is 0.